The lowest BCUT2D eigenvalue weighted by Gasteiger charge is -2.04. The van der Waals surface area contributed by atoms with Crippen LogP contribution in [0.2, 0.25) is 0 Å². The molecule has 0 amide bonds. The Bertz CT molecular complexity index is 463. The molecule has 2 heterocycles. The molecule has 0 fully saturated rings. The van der Waals surface area contributed by atoms with Crippen LogP contribution in [0.5, 0.6) is 0 Å². The van der Waals surface area contributed by atoms with Crippen LogP contribution in [-0.4, -0.2) is 9.97 Å². The Morgan fingerprint density at radius 3 is 1.44 bits per heavy atom. The second-order valence-corrected chi connectivity index (χ2v) is 4.15. The molecule has 0 radical (unpaired) electrons. The predicted octanol–water partition coefficient (Wildman–Crippen LogP) is 1.18. The molecule has 0 aromatic carbocycles. The van der Waals surface area contributed by atoms with E-state index in [1.165, 1.54) is 0 Å². The van der Waals surface area contributed by atoms with Crippen LogP contribution >= 0.6 is 0 Å². The van der Waals surface area contributed by atoms with Gasteiger partial charge in [-0.3, -0.25) is 9.97 Å². The maximum absolute atomic E-state index is 5.58. The van der Waals surface area contributed by atoms with Crippen molar-refractivity contribution in [2.75, 3.05) is 0 Å². The monoisotopic (exact) mass is 242 g/mol. The lowest BCUT2D eigenvalue weighted by Crippen LogP contribution is -2.05. The van der Waals surface area contributed by atoms with Gasteiger partial charge in [0.15, 0.2) is 0 Å². The number of hydrogen-bond acceptors (Lipinski definition) is 4. The molecule has 94 valence electrons. The Morgan fingerprint density at radius 1 is 0.667 bits per heavy atom. The van der Waals surface area contributed by atoms with Crippen molar-refractivity contribution in [3.63, 3.8) is 0 Å². The number of hydrogen-bond donors (Lipinski definition) is 2. The van der Waals surface area contributed by atoms with Crippen molar-refractivity contribution >= 4 is 0 Å². The molecule has 0 atom stereocenters. The molecule has 4 heteroatoms. The van der Waals surface area contributed by atoms with Crippen LogP contribution in [0.25, 0.3) is 0 Å². The molecular formula is C14H18N4. The van der Waals surface area contributed by atoms with Gasteiger partial charge in [-0.05, 0) is 37.1 Å². The summed E-state index contributed by atoms with van der Waals surface area (Å²) in [5.74, 6) is 0. The highest BCUT2D eigenvalue weighted by molar-refractivity contribution is 5.15. The van der Waals surface area contributed by atoms with Gasteiger partial charge in [0.2, 0.25) is 0 Å². The van der Waals surface area contributed by atoms with E-state index in [0.717, 1.165) is 35.6 Å². The van der Waals surface area contributed by atoms with E-state index >= 15 is 0 Å². The fourth-order valence-electron chi connectivity index (χ4n) is 1.82. The van der Waals surface area contributed by atoms with E-state index in [2.05, 4.69) is 9.97 Å². The largest absolute Gasteiger partial charge is 0.325 e. The van der Waals surface area contributed by atoms with Crippen molar-refractivity contribution in [1.82, 2.24) is 9.97 Å². The first-order valence-corrected chi connectivity index (χ1v) is 6.11. The SMILES string of the molecule is NCc1cccc(CCc2cccc(CN)n2)n1. The van der Waals surface area contributed by atoms with Crippen LogP contribution < -0.4 is 11.5 Å². The number of nitrogens with zero attached hydrogens (tertiary/aromatic N) is 2. The number of rotatable bonds is 5. The van der Waals surface area contributed by atoms with Crippen LogP contribution in [0.3, 0.4) is 0 Å². The maximum Gasteiger partial charge on any atom is 0.0542 e. The number of nitrogens with two attached hydrogens (primary N) is 2. The normalized spacial score (nSPS) is 10.6. The van der Waals surface area contributed by atoms with E-state index < -0.39 is 0 Å². The van der Waals surface area contributed by atoms with Crippen molar-refractivity contribution in [3.8, 4) is 0 Å². The zero-order valence-electron chi connectivity index (χ0n) is 10.3. The molecule has 0 saturated heterocycles. The minimum atomic E-state index is 0.481. The van der Waals surface area contributed by atoms with Gasteiger partial charge >= 0.3 is 0 Å². The lowest BCUT2D eigenvalue weighted by molar-refractivity contribution is 0.841. The third-order valence-electron chi connectivity index (χ3n) is 2.78. The zero-order chi connectivity index (χ0) is 12.8. The standard InChI is InChI=1S/C14H18N4/c15-9-13-5-1-3-11(17-13)7-8-12-4-2-6-14(10-16)18-12/h1-6H,7-10,15-16H2. The Kier molecular flexibility index (Phi) is 4.39. The number of aryl methyl sites for hydroxylation is 2. The van der Waals surface area contributed by atoms with E-state index in [4.69, 9.17) is 11.5 Å². The summed E-state index contributed by atoms with van der Waals surface area (Å²) in [6.07, 6.45) is 1.74. The molecule has 0 aliphatic heterocycles. The van der Waals surface area contributed by atoms with Gasteiger partial charge < -0.3 is 11.5 Å². The van der Waals surface area contributed by atoms with Crippen LogP contribution in [0, 0.1) is 0 Å². The van der Waals surface area contributed by atoms with E-state index in [1.54, 1.807) is 0 Å². The third-order valence-corrected chi connectivity index (χ3v) is 2.78. The quantitative estimate of drug-likeness (QED) is 0.825. The third kappa shape index (κ3) is 3.35. The van der Waals surface area contributed by atoms with E-state index in [-0.39, 0.29) is 0 Å². The number of aromatic nitrogens is 2. The molecule has 0 bridgehead atoms. The molecule has 2 aromatic rings. The van der Waals surface area contributed by atoms with Gasteiger partial charge in [0.05, 0.1) is 11.4 Å². The van der Waals surface area contributed by atoms with Gasteiger partial charge in [0.1, 0.15) is 0 Å². The van der Waals surface area contributed by atoms with Crippen LogP contribution in [0.4, 0.5) is 0 Å². The Balaban J connectivity index is 2.01. The highest BCUT2D eigenvalue weighted by Gasteiger charge is 2.00. The molecule has 4 nitrogen and oxygen atoms in total. The Morgan fingerprint density at radius 2 is 1.06 bits per heavy atom. The van der Waals surface area contributed by atoms with Crippen LogP contribution in [0.1, 0.15) is 22.8 Å². The van der Waals surface area contributed by atoms with Gasteiger partial charge in [-0.25, -0.2) is 0 Å². The predicted molar refractivity (Wildman–Crippen MR) is 71.7 cm³/mol. The minimum Gasteiger partial charge on any atom is -0.325 e. The fraction of sp³-hybridized carbons (Fsp3) is 0.286. The Hall–Kier alpha value is -1.78. The molecule has 0 unspecified atom stereocenters. The van der Waals surface area contributed by atoms with Crippen molar-refractivity contribution in [3.05, 3.63) is 59.2 Å². The second-order valence-electron chi connectivity index (χ2n) is 4.15. The molecule has 0 spiro atoms. The van der Waals surface area contributed by atoms with Crippen LogP contribution in [0.15, 0.2) is 36.4 Å². The van der Waals surface area contributed by atoms with E-state index in [1.807, 2.05) is 36.4 Å². The minimum absolute atomic E-state index is 0.481. The molecular weight excluding hydrogens is 224 g/mol. The molecule has 2 aromatic heterocycles. The summed E-state index contributed by atoms with van der Waals surface area (Å²) >= 11 is 0. The first-order chi connectivity index (χ1) is 8.81. The summed E-state index contributed by atoms with van der Waals surface area (Å²) in [5.41, 5.74) is 15.1. The maximum atomic E-state index is 5.58. The Labute approximate surface area is 107 Å². The summed E-state index contributed by atoms with van der Waals surface area (Å²) in [4.78, 5) is 8.94. The molecule has 0 saturated carbocycles. The van der Waals surface area contributed by atoms with Crippen molar-refractivity contribution in [2.45, 2.75) is 25.9 Å². The average Bonchev–Trinajstić information content (AvgIpc) is 2.45. The topological polar surface area (TPSA) is 77.8 Å². The van der Waals surface area contributed by atoms with Crippen molar-refractivity contribution in [1.29, 1.82) is 0 Å². The van der Waals surface area contributed by atoms with Crippen molar-refractivity contribution in [2.24, 2.45) is 11.5 Å². The molecule has 18 heavy (non-hydrogen) atoms. The summed E-state index contributed by atoms with van der Waals surface area (Å²) in [7, 11) is 0. The highest BCUT2D eigenvalue weighted by atomic mass is 14.8. The second kappa shape index (κ2) is 6.23. The van der Waals surface area contributed by atoms with Gasteiger partial charge in [-0.15, -0.1) is 0 Å². The summed E-state index contributed by atoms with van der Waals surface area (Å²) in [6.45, 7) is 0.962. The fourth-order valence-corrected chi connectivity index (χ4v) is 1.82. The van der Waals surface area contributed by atoms with Gasteiger partial charge in [0.25, 0.3) is 0 Å². The molecule has 0 aliphatic carbocycles. The summed E-state index contributed by atoms with van der Waals surface area (Å²) in [6, 6.07) is 11.9. The van der Waals surface area contributed by atoms with Crippen molar-refractivity contribution < 1.29 is 0 Å². The van der Waals surface area contributed by atoms with E-state index in [9.17, 15) is 0 Å². The lowest BCUT2D eigenvalue weighted by atomic mass is 10.1. The molecule has 0 aliphatic rings. The first-order valence-electron chi connectivity index (χ1n) is 6.11. The van der Waals surface area contributed by atoms with E-state index in [0.29, 0.717) is 13.1 Å². The van der Waals surface area contributed by atoms with Gasteiger partial charge in [-0.1, -0.05) is 12.1 Å². The zero-order valence-corrected chi connectivity index (χ0v) is 10.3. The smallest absolute Gasteiger partial charge is 0.0542 e. The highest BCUT2D eigenvalue weighted by Crippen LogP contribution is 2.05. The number of pyridine rings is 2. The van der Waals surface area contributed by atoms with Gasteiger partial charge in [0, 0.05) is 24.5 Å². The first kappa shape index (κ1) is 12.7. The average molecular weight is 242 g/mol. The van der Waals surface area contributed by atoms with Gasteiger partial charge in [-0.2, -0.15) is 0 Å². The summed E-state index contributed by atoms with van der Waals surface area (Å²) in [5, 5.41) is 0. The summed E-state index contributed by atoms with van der Waals surface area (Å²) < 4.78 is 0. The molecule has 2 rings (SSSR count). The van der Waals surface area contributed by atoms with Crippen LogP contribution in [-0.2, 0) is 25.9 Å². The molecule has 4 N–H and O–H groups in total.